The molecule has 1 heterocycles. The van der Waals surface area contributed by atoms with Crippen LogP contribution >= 0.6 is 0 Å². The van der Waals surface area contributed by atoms with Crippen molar-refractivity contribution < 1.29 is 4.39 Å². The van der Waals surface area contributed by atoms with Crippen molar-refractivity contribution in [2.45, 2.75) is 32.4 Å². The number of nitrogens with one attached hydrogen (secondary N) is 2. The molecule has 2 nitrogen and oxygen atoms in total. The summed E-state index contributed by atoms with van der Waals surface area (Å²) in [5.41, 5.74) is 5.67. The molecule has 2 aromatic rings. The van der Waals surface area contributed by atoms with Gasteiger partial charge in [0.1, 0.15) is 5.82 Å². The molecule has 1 aliphatic carbocycles. The third-order valence-electron chi connectivity index (χ3n) is 5.04. The minimum Gasteiger partial charge on any atom is -0.298 e. The summed E-state index contributed by atoms with van der Waals surface area (Å²) in [5.74, 6) is 0.589. The minimum atomic E-state index is -0.136. The molecule has 0 amide bonds. The van der Waals surface area contributed by atoms with Crippen LogP contribution in [0.4, 0.5) is 4.39 Å². The second kappa shape index (κ2) is 6.06. The Bertz CT molecular complexity index is 720. The van der Waals surface area contributed by atoms with Crippen molar-refractivity contribution in [2.75, 3.05) is 13.1 Å². The molecule has 1 aliphatic heterocycles. The highest BCUT2D eigenvalue weighted by Crippen LogP contribution is 2.31. The molecule has 4 rings (SSSR count). The van der Waals surface area contributed by atoms with Crippen molar-refractivity contribution in [3.63, 3.8) is 0 Å². The molecule has 2 aromatic carbocycles. The van der Waals surface area contributed by atoms with Gasteiger partial charge in [0.25, 0.3) is 0 Å². The summed E-state index contributed by atoms with van der Waals surface area (Å²) in [6.07, 6.45) is 3.32. The highest BCUT2D eigenvalue weighted by Gasteiger charge is 2.20. The predicted molar refractivity (Wildman–Crippen MR) is 91.8 cm³/mol. The molecule has 1 fully saturated rings. The van der Waals surface area contributed by atoms with E-state index in [4.69, 9.17) is 0 Å². The van der Waals surface area contributed by atoms with Crippen LogP contribution < -0.4 is 10.6 Å². The van der Waals surface area contributed by atoms with Crippen molar-refractivity contribution >= 4 is 0 Å². The monoisotopic (exact) mass is 310 g/mol. The fourth-order valence-corrected chi connectivity index (χ4v) is 3.83. The molecule has 2 aliphatic rings. The van der Waals surface area contributed by atoms with Crippen molar-refractivity contribution in [3.05, 3.63) is 58.9 Å². The molecule has 23 heavy (non-hydrogen) atoms. The van der Waals surface area contributed by atoms with Crippen molar-refractivity contribution in [2.24, 2.45) is 5.92 Å². The molecule has 0 saturated carbocycles. The van der Waals surface area contributed by atoms with Crippen LogP contribution in [0.25, 0.3) is 11.1 Å². The maximum Gasteiger partial charge on any atom is 0.129 e. The fourth-order valence-electron chi connectivity index (χ4n) is 3.83. The van der Waals surface area contributed by atoms with Crippen LogP contribution in [0.3, 0.4) is 0 Å². The first-order valence-corrected chi connectivity index (χ1v) is 8.59. The van der Waals surface area contributed by atoms with Crippen LogP contribution in [0.15, 0.2) is 36.4 Å². The van der Waals surface area contributed by atoms with E-state index in [0.717, 1.165) is 43.0 Å². The first-order valence-electron chi connectivity index (χ1n) is 8.59. The van der Waals surface area contributed by atoms with E-state index in [1.54, 1.807) is 6.07 Å². The standard InChI is InChI=1S/C20H23FN2/c1-13-9-14-3-4-15(11-17(14)10-13)16-5-6-18(19(21)12-16)20-22-7-2-8-23-20/h3-6,11-13,20,22-23H,2,7-10H2,1H3. The Morgan fingerprint density at radius 3 is 2.39 bits per heavy atom. The summed E-state index contributed by atoms with van der Waals surface area (Å²) >= 11 is 0. The number of fused-ring (bicyclic) bond motifs is 1. The second-order valence-electron chi connectivity index (χ2n) is 6.93. The topological polar surface area (TPSA) is 24.1 Å². The Kier molecular flexibility index (Phi) is 3.92. The van der Waals surface area contributed by atoms with E-state index in [1.165, 1.54) is 17.5 Å². The third-order valence-corrected chi connectivity index (χ3v) is 5.04. The Morgan fingerprint density at radius 1 is 0.913 bits per heavy atom. The number of rotatable bonds is 2. The van der Waals surface area contributed by atoms with Gasteiger partial charge in [0, 0.05) is 5.56 Å². The van der Waals surface area contributed by atoms with Crippen molar-refractivity contribution in [3.8, 4) is 11.1 Å². The maximum absolute atomic E-state index is 14.6. The lowest BCUT2D eigenvalue weighted by molar-refractivity contribution is 0.369. The Hall–Kier alpha value is -1.71. The summed E-state index contributed by atoms with van der Waals surface area (Å²) in [4.78, 5) is 0. The first-order chi connectivity index (χ1) is 11.2. The largest absolute Gasteiger partial charge is 0.298 e. The van der Waals surface area contributed by atoms with E-state index in [1.807, 2.05) is 12.1 Å². The van der Waals surface area contributed by atoms with Gasteiger partial charge in [0.05, 0.1) is 6.17 Å². The van der Waals surface area contributed by atoms with Gasteiger partial charge < -0.3 is 0 Å². The van der Waals surface area contributed by atoms with Gasteiger partial charge in [-0.2, -0.15) is 0 Å². The Morgan fingerprint density at radius 2 is 1.61 bits per heavy atom. The molecule has 0 radical (unpaired) electrons. The SMILES string of the molecule is CC1Cc2ccc(-c3ccc(C4NCCCN4)c(F)c3)cc2C1. The molecule has 3 heteroatoms. The number of benzene rings is 2. The molecular formula is C20H23FN2. The molecule has 0 aromatic heterocycles. The highest BCUT2D eigenvalue weighted by molar-refractivity contribution is 5.66. The smallest absolute Gasteiger partial charge is 0.129 e. The normalized spacial score (nSPS) is 21.4. The third kappa shape index (κ3) is 2.91. The summed E-state index contributed by atoms with van der Waals surface area (Å²) in [5, 5.41) is 6.65. The molecule has 1 unspecified atom stereocenters. The van der Waals surface area contributed by atoms with Crippen LogP contribution in [0, 0.1) is 11.7 Å². The van der Waals surface area contributed by atoms with E-state index in [2.05, 4.69) is 35.8 Å². The lowest BCUT2D eigenvalue weighted by atomic mass is 9.98. The Labute approximate surface area is 137 Å². The predicted octanol–water partition coefficient (Wildman–Crippen LogP) is 3.81. The summed E-state index contributed by atoms with van der Waals surface area (Å²) in [7, 11) is 0. The maximum atomic E-state index is 14.6. The van der Waals surface area contributed by atoms with Crippen molar-refractivity contribution in [1.82, 2.24) is 10.6 Å². The van der Waals surface area contributed by atoms with E-state index in [9.17, 15) is 4.39 Å². The van der Waals surface area contributed by atoms with Crippen LogP contribution in [0.1, 0.15) is 36.2 Å². The molecule has 120 valence electrons. The summed E-state index contributed by atoms with van der Waals surface area (Å²) in [6, 6.07) is 12.2. The molecule has 1 atom stereocenters. The number of halogens is 1. The quantitative estimate of drug-likeness (QED) is 0.881. The van der Waals surface area contributed by atoms with Crippen LogP contribution in [0.2, 0.25) is 0 Å². The van der Waals surface area contributed by atoms with Crippen molar-refractivity contribution in [1.29, 1.82) is 0 Å². The van der Waals surface area contributed by atoms with Gasteiger partial charge in [-0.3, -0.25) is 10.6 Å². The zero-order valence-corrected chi connectivity index (χ0v) is 13.5. The van der Waals surface area contributed by atoms with Gasteiger partial charge in [-0.25, -0.2) is 4.39 Å². The first kappa shape index (κ1) is 14.9. The zero-order chi connectivity index (χ0) is 15.8. The van der Waals surface area contributed by atoms with Crippen LogP contribution in [-0.4, -0.2) is 13.1 Å². The summed E-state index contributed by atoms with van der Waals surface area (Å²) < 4.78 is 14.6. The van der Waals surface area contributed by atoms with E-state index in [0.29, 0.717) is 5.56 Å². The van der Waals surface area contributed by atoms with Crippen LogP contribution in [-0.2, 0) is 12.8 Å². The van der Waals surface area contributed by atoms with E-state index >= 15 is 0 Å². The second-order valence-corrected chi connectivity index (χ2v) is 6.93. The van der Waals surface area contributed by atoms with Gasteiger partial charge >= 0.3 is 0 Å². The average Bonchev–Trinajstić information content (AvgIpc) is 2.94. The van der Waals surface area contributed by atoms with Gasteiger partial charge in [0.2, 0.25) is 0 Å². The minimum absolute atomic E-state index is 0.0707. The average molecular weight is 310 g/mol. The van der Waals surface area contributed by atoms with E-state index < -0.39 is 0 Å². The Balaban J connectivity index is 1.63. The molecule has 0 spiro atoms. The molecular weight excluding hydrogens is 287 g/mol. The molecule has 2 N–H and O–H groups in total. The van der Waals surface area contributed by atoms with Gasteiger partial charge in [-0.15, -0.1) is 0 Å². The lowest BCUT2D eigenvalue weighted by Crippen LogP contribution is -2.41. The number of hydrogen-bond acceptors (Lipinski definition) is 2. The summed E-state index contributed by atoms with van der Waals surface area (Å²) in [6.45, 7) is 4.15. The van der Waals surface area contributed by atoms with Gasteiger partial charge in [-0.05, 0) is 66.6 Å². The number of hydrogen-bond donors (Lipinski definition) is 2. The van der Waals surface area contributed by atoms with Gasteiger partial charge in [0.15, 0.2) is 0 Å². The lowest BCUT2D eigenvalue weighted by Gasteiger charge is -2.26. The highest BCUT2D eigenvalue weighted by atomic mass is 19.1. The van der Waals surface area contributed by atoms with E-state index in [-0.39, 0.29) is 12.0 Å². The fraction of sp³-hybridized carbons (Fsp3) is 0.400. The van der Waals surface area contributed by atoms with Gasteiger partial charge in [-0.1, -0.05) is 37.3 Å². The van der Waals surface area contributed by atoms with Crippen LogP contribution in [0.5, 0.6) is 0 Å². The molecule has 0 bridgehead atoms. The zero-order valence-electron chi connectivity index (χ0n) is 13.5. The molecule has 1 saturated heterocycles.